The highest BCUT2D eigenvalue weighted by atomic mass is 32.2. The standard InChI is InChI=1S/C10H6N2OS3/c1-12-9(13)8(16-10(12)14)4-6-2-3-7(5-11)15-6/h2-4H,1H3/b8-4-. The number of hydrogen-bond donors (Lipinski definition) is 0. The van der Waals surface area contributed by atoms with Gasteiger partial charge in [0.1, 0.15) is 15.3 Å². The number of amides is 1. The predicted octanol–water partition coefficient (Wildman–Crippen LogP) is 2.45. The fourth-order valence-corrected chi connectivity index (χ4v) is 3.16. The van der Waals surface area contributed by atoms with Crippen molar-refractivity contribution in [1.82, 2.24) is 4.90 Å². The molecule has 1 saturated heterocycles. The van der Waals surface area contributed by atoms with Crippen LogP contribution in [0.25, 0.3) is 6.08 Å². The number of thiocarbonyl (C=S) groups is 1. The molecule has 3 nitrogen and oxygen atoms in total. The van der Waals surface area contributed by atoms with Gasteiger partial charge in [0.15, 0.2) is 0 Å². The van der Waals surface area contributed by atoms with Gasteiger partial charge in [-0.25, -0.2) is 0 Å². The van der Waals surface area contributed by atoms with Crippen molar-refractivity contribution in [3.63, 3.8) is 0 Å². The summed E-state index contributed by atoms with van der Waals surface area (Å²) >= 11 is 7.66. The number of rotatable bonds is 1. The molecule has 0 saturated carbocycles. The van der Waals surface area contributed by atoms with Gasteiger partial charge in [-0.2, -0.15) is 5.26 Å². The molecule has 1 fully saturated rings. The van der Waals surface area contributed by atoms with E-state index in [1.165, 1.54) is 28.0 Å². The zero-order valence-electron chi connectivity index (χ0n) is 8.26. The maximum absolute atomic E-state index is 11.7. The van der Waals surface area contributed by atoms with Crippen molar-refractivity contribution < 1.29 is 4.79 Å². The van der Waals surface area contributed by atoms with E-state index in [0.29, 0.717) is 14.1 Å². The van der Waals surface area contributed by atoms with Crippen LogP contribution in [0.5, 0.6) is 0 Å². The number of hydrogen-bond acceptors (Lipinski definition) is 5. The molecule has 2 heterocycles. The van der Waals surface area contributed by atoms with Gasteiger partial charge in [-0.1, -0.05) is 24.0 Å². The SMILES string of the molecule is CN1C(=O)/C(=C/c2ccc(C#N)s2)SC1=S. The molecule has 0 N–H and O–H groups in total. The number of thioether (sulfide) groups is 1. The number of thiophene rings is 1. The highest BCUT2D eigenvalue weighted by molar-refractivity contribution is 8.26. The lowest BCUT2D eigenvalue weighted by Gasteiger charge is -2.03. The van der Waals surface area contributed by atoms with Crippen LogP contribution in [-0.4, -0.2) is 22.2 Å². The molecular formula is C10H6N2OS3. The molecule has 0 unspecified atom stereocenters. The third-order valence-corrected chi connectivity index (χ3v) is 4.42. The normalized spacial score (nSPS) is 18.2. The minimum Gasteiger partial charge on any atom is -0.296 e. The molecule has 1 aromatic rings. The van der Waals surface area contributed by atoms with E-state index in [4.69, 9.17) is 17.5 Å². The van der Waals surface area contributed by atoms with Gasteiger partial charge >= 0.3 is 0 Å². The number of nitrogens with zero attached hydrogens (tertiary/aromatic N) is 2. The summed E-state index contributed by atoms with van der Waals surface area (Å²) < 4.78 is 0.563. The third kappa shape index (κ3) is 2.02. The Morgan fingerprint density at radius 1 is 1.56 bits per heavy atom. The first-order valence-corrected chi connectivity index (χ1v) is 6.37. The number of likely N-dealkylation sites (N-methyl/N-ethyl adjacent to an activating group) is 1. The minimum atomic E-state index is -0.0816. The summed E-state index contributed by atoms with van der Waals surface area (Å²) in [5, 5.41) is 8.69. The summed E-state index contributed by atoms with van der Waals surface area (Å²) in [6, 6.07) is 5.63. The molecular weight excluding hydrogens is 260 g/mol. The second kappa shape index (κ2) is 4.37. The van der Waals surface area contributed by atoms with E-state index in [9.17, 15) is 4.79 Å². The zero-order chi connectivity index (χ0) is 11.7. The Balaban J connectivity index is 2.29. The van der Waals surface area contributed by atoms with Gasteiger partial charge < -0.3 is 0 Å². The van der Waals surface area contributed by atoms with Gasteiger partial charge in [0, 0.05) is 11.9 Å². The van der Waals surface area contributed by atoms with Gasteiger partial charge in [0.25, 0.3) is 5.91 Å². The van der Waals surface area contributed by atoms with E-state index in [1.54, 1.807) is 19.2 Å². The van der Waals surface area contributed by atoms with Crippen LogP contribution in [0.4, 0.5) is 0 Å². The van der Waals surface area contributed by atoms with E-state index < -0.39 is 0 Å². The molecule has 0 radical (unpaired) electrons. The molecule has 1 aromatic heterocycles. The Bertz CT molecular complexity index is 539. The van der Waals surface area contributed by atoms with Crippen molar-refractivity contribution in [3.05, 3.63) is 26.8 Å². The summed E-state index contributed by atoms with van der Waals surface area (Å²) in [5.74, 6) is -0.0816. The van der Waals surface area contributed by atoms with E-state index in [-0.39, 0.29) is 5.91 Å². The fraction of sp³-hybridized carbons (Fsp3) is 0.100. The minimum absolute atomic E-state index is 0.0816. The Morgan fingerprint density at radius 2 is 2.31 bits per heavy atom. The Labute approximate surface area is 106 Å². The highest BCUT2D eigenvalue weighted by Gasteiger charge is 2.28. The molecule has 0 atom stereocenters. The molecule has 0 aromatic carbocycles. The number of nitriles is 1. The monoisotopic (exact) mass is 266 g/mol. The van der Waals surface area contributed by atoms with Crippen molar-refractivity contribution in [2.75, 3.05) is 7.05 Å². The van der Waals surface area contributed by atoms with E-state index >= 15 is 0 Å². The first-order chi connectivity index (χ1) is 7.61. The quantitative estimate of drug-likeness (QED) is 0.578. The lowest BCUT2D eigenvalue weighted by molar-refractivity contribution is -0.121. The highest BCUT2D eigenvalue weighted by Crippen LogP contribution is 2.32. The lowest BCUT2D eigenvalue weighted by atomic mass is 10.4. The summed E-state index contributed by atoms with van der Waals surface area (Å²) in [4.78, 5) is 15.3. The van der Waals surface area contributed by atoms with Gasteiger partial charge in [-0.15, -0.1) is 11.3 Å². The van der Waals surface area contributed by atoms with Crippen molar-refractivity contribution >= 4 is 51.6 Å². The van der Waals surface area contributed by atoms with Crippen LogP contribution in [0.3, 0.4) is 0 Å². The van der Waals surface area contributed by atoms with E-state index in [2.05, 4.69) is 6.07 Å². The molecule has 0 aliphatic carbocycles. The second-order valence-corrected chi connectivity index (χ2v) is 5.85. The topological polar surface area (TPSA) is 44.1 Å². The van der Waals surface area contributed by atoms with Crippen LogP contribution < -0.4 is 0 Å². The first kappa shape index (κ1) is 11.3. The molecule has 0 spiro atoms. The molecule has 1 aliphatic rings. The molecule has 1 amide bonds. The average Bonchev–Trinajstić information content (AvgIpc) is 2.81. The largest absolute Gasteiger partial charge is 0.296 e. The summed E-state index contributed by atoms with van der Waals surface area (Å²) in [7, 11) is 1.66. The molecule has 1 aliphatic heterocycles. The molecule has 2 rings (SSSR count). The third-order valence-electron chi connectivity index (χ3n) is 2.00. The average molecular weight is 266 g/mol. The van der Waals surface area contributed by atoms with Gasteiger partial charge in [0.05, 0.1) is 4.91 Å². The van der Waals surface area contributed by atoms with E-state index in [1.807, 2.05) is 6.07 Å². The van der Waals surface area contributed by atoms with Crippen LogP contribution in [0.15, 0.2) is 17.0 Å². The van der Waals surface area contributed by atoms with Crippen molar-refractivity contribution in [2.24, 2.45) is 0 Å². The molecule has 0 bridgehead atoms. The molecule has 6 heteroatoms. The molecule has 80 valence electrons. The van der Waals surface area contributed by atoms with Crippen molar-refractivity contribution in [1.29, 1.82) is 5.26 Å². The first-order valence-electron chi connectivity index (χ1n) is 4.33. The predicted molar refractivity (Wildman–Crippen MR) is 70.0 cm³/mol. The Morgan fingerprint density at radius 3 is 2.81 bits per heavy atom. The van der Waals surface area contributed by atoms with Crippen LogP contribution in [0.2, 0.25) is 0 Å². The van der Waals surface area contributed by atoms with Crippen LogP contribution in [0, 0.1) is 11.3 Å². The van der Waals surface area contributed by atoms with Crippen LogP contribution in [0.1, 0.15) is 9.75 Å². The summed E-state index contributed by atoms with van der Waals surface area (Å²) in [6.07, 6.45) is 1.77. The fourth-order valence-electron chi connectivity index (χ4n) is 1.17. The maximum Gasteiger partial charge on any atom is 0.265 e. The Hall–Kier alpha value is -1.16. The maximum atomic E-state index is 11.7. The number of carbonyl (C=O) groups is 1. The van der Waals surface area contributed by atoms with Gasteiger partial charge in [-0.05, 0) is 18.2 Å². The smallest absolute Gasteiger partial charge is 0.265 e. The number of carbonyl (C=O) groups excluding carboxylic acids is 1. The van der Waals surface area contributed by atoms with Gasteiger partial charge in [0.2, 0.25) is 0 Å². The summed E-state index contributed by atoms with van der Waals surface area (Å²) in [5.41, 5.74) is 0. The van der Waals surface area contributed by atoms with E-state index in [0.717, 1.165) is 4.88 Å². The van der Waals surface area contributed by atoms with Crippen molar-refractivity contribution in [3.8, 4) is 6.07 Å². The lowest BCUT2D eigenvalue weighted by Crippen LogP contribution is -2.22. The van der Waals surface area contributed by atoms with Crippen LogP contribution in [-0.2, 0) is 4.79 Å². The zero-order valence-corrected chi connectivity index (χ0v) is 10.7. The molecule has 16 heavy (non-hydrogen) atoms. The van der Waals surface area contributed by atoms with Crippen molar-refractivity contribution in [2.45, 2.75) is 0 Å². The van der Waals surface area contributed by atoms with Gasteiger partial charge in [-0.3, -0.25) is 9.69 Å². The Kier molecular flexibility index (Phi) is 3.10. The summed E-state index contributed by atoms with van der Waals surface area (Å²) in [6.45, 7) is 0. The second-order valence-electron chi connectivity index (χ2n) is 3.05. The van der Waals surface area contributed by atoms with Crippen LogP contribution >= 0.6 is 35.3 Å².